The number of aromatic amines is 1. The summed E-state index contributed by atoms with van der Waals surface area (Å²) in [6, 6.07) is 11.4. The van der Waals surface area contributed by atoms with E-state index in [4.69, 9.17) is 0 Å². The van der Waals surface area contributed by atoms with E-state index in [9.17, 15) is 4.79 Å². The average Bonchev–Trinajstić information content (AvgIpc) is 3.31. The molecule has 0 radical (unpaired) electrons. The van der Waals surface area contributed by atoms with Gasteiger partial charge in [-0.2, -0.15) is 0 Å². The monoisotopic (exact) mass is 409 g/mol. The highest BCUT2D eigenvalue weighted by molar-refractivity contribution is 5.78. The van der Waals surface area contributed by atoms with Crippen molar-refractivity contribution < 1.29 is 4.79 Å². The molecule has 1 N–H and O–H groups in total. The fraction of sp³-hybridized carbons (Fsp3) is 0.583. The summed E-state index contributed by atoms with van der Waals surface area (Å²) in [5, 5.41) is 0. The van der Waals surface area contributed by atoms with Gasteiger partial charge >= 0.3 is 0 Å². The van der Waals surface area contributed by atoms with Crippen LogP contribution in [-0.2, 0) is 17.8 Å². The Morgan fingerprint density at radius 1 is 1.17 bits per heavy atom. The zero-order valence-electron chi connectivity index (χ0n) is 18.2. The lowest BCUT2D eigenvalue weighted by molar-refractivity contribution is -0.137. The van der Waals surface area contributed by atoms with Crippen molar-refractivity contribution in [3.05, 3.63) is 54.1 Å². The van der Waals surface area contributed by atoms with Gasteiger partial charge in [-0.15, -0.1) is 0 Å². The van der Waals surface area contributed by atoms with Gasteiger partial charge in [0.05, 0.1) is 12.5 Å². The average molecular weight is 410 g/mol. The summed E-state index contributed by atoms with van der Waals surface area (Å²) < 4.78 is 0. The van der Waals surface area contributed by atoms with Crippen LogP contribution in [0.4, 0.5) is 0 Å². The molecule has 1 aromatic carbocycles. The molecule has 3 heterocycles. The summed E-state index contributed by atoms with van der Waals surface area (Å²) in [5.74, 6) is 1.23. The third-order valence-electron chi connectivity index (χ3n) is 6.75. The van der Waals surface area contributed by atoms with Crippen LogP contribution >= 0.6 is 0 Å². The van der Waals surface area contributed by atoms with Gasteiger partial charge in [0, 0.05) is 38.6 Å². The van der Waals surface area contributed by atoms with E-state index in [0.717, 1.165) is 44.7 Å². The van der Waals surface area contributed by atoms with Crippen LogP contribution in [0.5, 0.6) is 0 Å². The van der Waals surface area contributed by atoms with E-state index in [1.165, 1.54) is 31.5 Å². The maximum atomic E-state index is 13.0. The summed E-state index contributed by atoms with van der Waals surface area (Å²) in [6.45, 7) is 6.10. The van der Waals surface area contributed by atoms with Crippen molar-refractivity contribution in [2.75, 3.05) is 39.8 Å². The van der Waals surface area contributed by atoms with Gasteiger partial charge in [-0.3, -0.25) is 9.69 Å². The number of H-pyrrole nitrogens is 1. The Labute approximate surface area is 180 Å². The fourth-order valence-corrected chi connectivity index (χ4v) is 4.98. The van der Waals surface area contributed by atoms with E-state index < -0.39 is 0 Å². The second-order valence-corrected chi connectivity index (χ2v) is 8.87. The first-order valence-electron chi connectivity index (χ1n) is 11.4. The van der Waals surface area contributed by atoms with E-state index in [0.29, 0.717) is 12.6 Å². The first-order valence-corrected chi connectivity index (χ1v) is 11.4. The molecular formula is C24H35N5O. The van der Waals surface area contributed by atoms with Crippen LogP contribution in [-0.4, -0.2) is 76.4 Å². The van der Waals surface area contributed by atoms with Crippen LogP contribution in [0.15, 0.2) is 42.7 Å². The molecular weight excluding hydrogens is 374 g/mol. The van der Waals surface area contributed by atoms with Crippen LogP contribution in [0, 0.1) is 5.92 Å². The minimum Gasteiger partial charge on any atom is -0.347 e. The highest BCUT2D eigenvalue weighted by Crippen LogP contribution is 2.25. The normalized spacial score (nSPS) is 21.6. The molecule has 0 spiro atoms. The van der Waals surface area contributed by atoms with Crippen LogP contribution in [0.2, 0.25) is 0 Å². The summed E-state index contributed by atoms with van der Waals surface area (Å²) in [7, 11) is 1.90. The molecule has 0 saturated carbocycles. The van der Waals surface area contributed by atoms with Crippen molar-refractivity contribution in [3.8, 4) is 0 Å². The van der Waals surface area contributed by atoms with Crippen molar-refractivity contribution in [3.63, 3.8) is 0 Å². The van der Waals surface area contributed by atoms with Crippen molar-refractivity contribution in [2.24, 2.45) is 5.92 Å². The molecule has 1 aromatic heterocycles. The SMILES string of the molecule is CN(Cc1ncc[nH]1)C(=O)[C@@H]1CCCN(C2CCN(CCc3ccccc3)CC2)C1. The molecule has 2 saturated heterocycles. The third kappa shape index (κ3) is 5.49. The number of amides is 1. The van der Waals surface area contributed by atoms with E-state index in [1.54, 1.807) is 6.20 Å². The number of hydrogen-bond acceptors (Lipinski definition) is 4. The number of nitrogens with zero attached hydrogens (tertiary/aromatic N) is 4. The lowest BCUT2D eigenvalue weighted by atomic mass is 9.93. The van der Waals surface area contributed by atoms with Crippen LogP contribution < -0.4 is 0 Å². The molecule has 2 aromatic rings. The molecule has 1 amide bonds. The second kappa shape index (κ2) is 10.2. The molecule has 2 aliphatic heterocycles. The molecule has 6 nitrogen and oxygen atoms in total. The number of carbonyl (C=O) groups excluding carboxylic acids is 1. The van der Waals surface area contributed by atoms with Crippen molar-refractivity contribution in [2.45, 2.75) is 44.7 Å². The van der Waals surface area contributed by atoms with E-state index in [1.807, 2.05) is 18.1 Å². The zero-order chi connectivity index (χ0) is 20.8. The Morgan fingerprint density at radius 2 is 1.97 bits per heavy atom. The van der Waals surface area contributed by atoms with Gasteiger partial charge < -0.3 is 14.8 Å². The first-order chi connectivity index (χ1) is 14.7. The Balaban J connectivity index is 1.22. The lowest BCUT2D eigenvalue weighted by Gasteiger charge is -2.42. The predicted octanol–water partition coefficient (Wildman–Crippen LogP) is 2.79. The molecule has 2 fully saturated rings. The van der Waals surface area contributed by atoms with Crippen LogP contribution in [0.1, 0.15) is 37.1 Å². The molecule has 0 aliphatic carbocycles. The molecule has 162 valence electrons. The number of piperidine rings is 2. The lowest BCUT2D eigenvalue weighted by Crippen LogP contribution is -2.51. The highest BCUT2D eigenvalue weighted by Gasteiger charge is 2.32. The van der Waals surface area contributed by atoms with Gasteiger partial charge in [0.15, 0.2) is 0 Å². The predicted molar refractivity (Wildman–Crippen MR) is 119 cm³/mol. The van der Waals surface area contributed by atoms with Crippen LogP contribution in [0.25, 0.3) is 0 Å². The van der Waals surface area contributed by atoms with Crippen LogP contribution in [0.3, 0.4) is 0 Å². The number of nitrogens with one attached hydrogen (secondary N) is 1. The summed E-state index contributed by atoms with van der Waals surface area (Å²) >= 11 is 0. The third-order valence-corrected chi connectivity index (χ3v) is 6.75. The number of hydrogen-bond donors (Lipinski definition) is 1. The summed E-state index contributed by atoms with van der Waals surface area (Å²) in [4.78, 5) is 27.3. The zero-order valence-corrected chi connectivity index (χ0v) is 18.2. The highest BCUT2D eigenvalue weighted by atomic mass is 16.2. The van der Waals surface area contributed by atoms with Gasteiger partial charge in [0.2, 0.25) is 5.91 Å². The van der Waals surface area contributed by atoms with E-state index >= 15 is 0 Å². The summed E-state index contributed by atoms with van der Waals surface area (Å²) in [6.07, 6.45) is 9.25. The molecule has 0 bridgehead atoms. The van der Waals surface area contributed by atoms with Crippen molar-refractivity contribution >= 4 is 5.91 Å². The molecule has 1 atom stereocenters. The number of aromatic nitrogens is 2. The molecule has 6 heteroatoms. The number of benzene rings is 1. The quantitative estimate of drug-likeness (QED) is 0.764. The van der Waals surface area contributed by atoms with Gasteiger partial charge in [-0.25, -0.2) is 4.98 Å². The standard InChI is InChI=1S/C24H35N5O/c1-27(19-23-25-12-13-26-23)24(30)21-8-5-14-29(18-21)22-10-16-28(17-11-22)15-9-20-6-3-2-4-7-20/h2-4,6-7,12-13,21-22H,5,8-11,14-19H2,1H3,(H,25,26)/t21-/m1/s1. The molecule has 30 heavy (non-hydrogen) atoms. The Morgan fingerprint density at radius 3 is 2.70 bits per heavy atom. The van der Waals surface area contributed by atoms with Gasteiger partial charge in [-0.05, 0) is 57.3 Å². The molecule has 4 rings (SSSR count). The first kappa shape index (κ1) is 21.1. The minimum absolute atomic E-state index is 0.120. The number of imidazole rings is 1. The Kier molecular flexibility index (Phi) is 7.18. The number of carbonyl (C=O) groups is 1. The summed E-state index contributed by atoms with van der Waals surface area (Å²) in [5.41, 5.74) is 1.43. The van der Waals surface area contributed by atoms with Gasteiger partial charge in [0.1, 0.15) is 5.82 Å². The second-order valence-electron chi connectivity index (χ2n) is 8.87. The van der Waals surface area contributed by atoms with Crippen molar-refractivity contribution in [1.29, 1.82) is 0 Å². The maximum absolute atomic E-state index is 13.0. The largest absolute Gasteiger partial charge is 0.347 e. The maximum Gasteiger partial charge on any atom is 0.227 e. The Hall–Kier alpha value is -2.18. The van der Waals surface area contributed by atoms with Gasteiger partial charge in [0.25, 0.3) is 0 Å². The number of likely N-dealkylation sites (tertiary alicyclic amines) is 2. The van der Waals surface area contributed by atoms with E-state index in [-0.39, 0.29) is 11.8 Å². The molecule has 0 unspecified atom stereocenters. The van der Waals surface area contributed by atoms with Gasteiger partial charge in [-0.1, -0.05) is 30.3 Å². The Bertz CT molecular complexity index is 770. The topological polar surface area (TPSA) is 55.5 Å². The smallest absolute Gasteiger partial charge is 0.227 e. The number of rotatable bonds is 7. The minimum atomic E-state index is 0.120. The van der Waals surface area contributed by atoms with Crippen molar-refractivity contribution in [1.82, 2.24) is 24.7 Å². The van der Waals surface area contributed by atoms with E-state index in [2.05, 4.69) is 50.1 Å². The fourth-order valence-electron chi connectivity index (χ4n) is 4.98. The molecule has 2 aliphatic rings.